The number of aliphatic hydroxyl groups excluding tert-OH is 1. The van der Waals surface area contributed by atoms with Crippen LogP contribution in [0.1, 0.15) is 26.3 Å². The molecule has 0 aromatic heterocycles. The normalized spacial score (nSPS) is 15.4. The quantitative estimate of drug-likeness (QED) is 0.817. The molecule has 1 aromatic carbocycles. The van der Waals surface area contributed by atoms with Gasteiger partial charge in [0.2, 0.25) is 0 Å². The molecule has 0 aliphatic heterocycles. The smallest absolute Gasteiger partial charge is 0.104 e. The van der Waals surface area contributed by atoms with E-state index in [1.807, 2.05) is 30.3 Å². The number of aliphatic hydroxyl groups is 1. The Labute approximate surface area is 131 Å². The van der Waals surface area contributed by atoms with Crippen molar-refractivity contribution in [2.45, 2.75) is 44.3 Å². The Kier molecular flexibility index (Phi) is 7.67. The second kappa shape index (κ2) is 8.73. The highest BCUT2D eigenvalue weighted by molar-refractivity contribution is 8.00. The Bertz CT molecular complexity index is 401. The van der Waals surface area contributed by atoms with Crippen LogP contribution < -0.4 is 0 Å². The minimum absolute atomic E-state index is 0.121. The second-order valence-corrected chi connectivity index (χ2v) is 7.67. The van der Waals surface area contributed by atoms with Gasteiger partial charge in [-0.2, -0.15) is 11.8 Å². The monoisotopic (exact) mass is 314 g/mol. The fourth-order valence-corrected chi connectivity index (χ4v) is 2.57. The SMILES string of the molecule is CC(C)(C)SC[C@H](O)[C@@H](/C=C/Cl)OCc1ccccc1. The van der Waals surface area contributed by atoms with Crippen LogP contribution in [-0.2, 0) is 11.3 Å². The van der Waals surface area contributed by atoms with Crippen LogP contribution in [0.5, 0.6) is 0 Å². The molecule has 0 saturated carbocycles. The number of ether oxygens (including phenoxy) is 1. The van der Waals surface area contributed by atoms with E-state index in [4.69, 9.17) is 16.3 Å². The number of hydrogen-bond donors (Lipinski definition) is 1. The van der Waals surface area contributed by atoms with E-state index in [-0.39, 0.29) is 10.9 Å². The van der Waals surface area contributed by atoms with Gasteiger partial charge >= 0.3 is 0 Å². The Morgan fingerprint density at radius 2 is 1.95 bits per heavy atom. The molecule has 1 N–H and O–H groups in total. The van der Waals surface area contributed by atoms with Crippen LogP contribution in [0, 0.1) is 0 Å². The summed E-state index contributed by atoms with van der Waals surface area (Å²) in [6.45, 7) is 6.84. The first kappa shape index (κ1) is 17.6. The Morgan fingerprint density at radius 1 is 1.30 bits per heavy atom. The van der Waals surface area contributed by atoms with Crippen molar-refractivity contribution in [2.24, 2.45) is 0 Å². The predicted octanol–water partition coefficient (Wildman–Crippen LogP) is 4.22. The molecule has 20 heavy (non-hydrogen) atoms. The molecule has 0 aliphatic rings. The lowest BCUT2D eigenvalue weighted by Gasteiger charge is -2.24. The molecule has 2 nitrogen and oxygen atoms in total. The van der Waals surface area contributed by atoms with Crippen LogP contribution >= 0.6 is 23.4 Å². The van der Waals surface area contributed by atoms with Crippen molar-refractivity contribution in [3.8, 4) is 0 Å². The third-order valence-electron chi connectivity index (χ3n) is 2.61. The van der Waals surface area contributed by atoms with Crippen molar-refractivity contribution in [3.63, 3.8) is 0 Å². The van der Waals surface area contributed by atoms with Gasteiger partial charge in [0.25, 0.3) is 0 Å². The fraction of sp³-hybridized carbons (Fsp3) is 0.500. The predicted molar refractivity (Wildman–Crippen MR) is 88.2 cm³/mol. The van der Waals surface area contributed by atoms with Gasteiger partial charge in [0.15, 0.2) is 0 Å². The molecular weight excluding hydrogens is 292 g/mol. The third-order valence-corrected chi connectivity index (χ3v) is 4.13. The summed E-state index contributed by atoms with van der Waals surface area (Å²) in [5, 5.41) is 10.2. The van der Waals surface area contributed by atoms with Gasteiger partial charge in [-0.1, -0.05) is 62.7 Å². The second-order valence-electron chi connectivity index (χ2n) is 5.57. The molecule has 0 bridgehead atoms. The molecule has 0 radical (unpaired) electrons. The van der Waals surface area contributed by atoms with Crippen LogP contribution in [0.3, 0.4) is 0 Å². The molecular formula is C16H23ClO2S. The third kappa shape index (κ3) is 7.34. The Hall–Kier alpha value is -0.480. The van der Waals surface area contributed by atoms with E-state index >= 15 is 0 Å². The lowest BCUT2D eigenvalue weighted by atomic mass is 10.2. The molecule has 0 saturated heterocycles. The maximum Gasteiger partial charge on any atom is 0.104 e. The van der Waals surface area contributed by atoms with E-state index in [0.29, 0.717) is 12.4 Å². The highest BCUT2D eigenvalue weighted by Gasteiger charge is 2.20. The molecule has 0 aliphatic carbocycles. The van der Waals surface area contributed by atoms with Crippen LogP contribution in [0.2, 0.25) is 0 Å². The molecule has 4 heteroatoms. The van der Waals surface area contributed by atoms with E-state index in [2.05, 4.69) is 20.8 Å². The van der Waals surface area contributed by atoms with Crippen LogP contribution in [0.4, 0.5) is 0 Å². The first-order valence-electron chi connectivity index (χ1n) is 6.67. The average molecular weight is 315 g/mol. The molecule has 112 valence electrons. The number of benzene rings is 1. The van der Waals surface area contributed by atoms with E-state index in [9.17, 15) is 5.11 Å². The van der Waals surface area contributed by atoms with E-state index in [1.165, 1.54) is 5.54 Å². The molecule has 0 heterocycles. The van der Waals surface area contributed by atoms with Crippen molar-refractivity contribution in [2.75, 3.05) is 5.75 Å². The topological polar surface area (TPSA) is 29.5 Å². The highest BCUT2D eigenvalue weighted by Crippen LogP contribution is 2.25. The minimum atomic E-state index is -0.571. The maximum absolute atomic E-state index is 10.2. The summed E-state index contributed by atoms with van der Waals surface area (Å²) in [6, 6.07) is 9.90. The van der Waals surface area contributed by atoms with Crippen molar-refractivity contribution in [3.05, 3.63) is 47.5 Å². The van der Waals surface area contributed by atoms with Gasteiger partial charge in [0.1, 0.15) is 6.10 Å². The molecule has 0 unspecified atom stereocenters. The van der Waals surface area contributed by atoms with E-state index in [0.717, 1.165) is 5.56 Å². The van der Waals surface area contributed by atoms with Crippen molar-refractivity contribution < 1.29 is 9.84 Å². The molecule has 0 fully saturated rings. The summed E-state index contributed by atoms with van der Waals surface area (Å²) in [4.78, 5) is 0. The van der Waals surface area contributed by atoms with Gasteiger partial charge in [-0.15, -0.1) is 0 Å². The summed E-state index contributed by atoms with van der Waals surface area (Å²) < 4.78 is 5.88. The van der Waals surface area contributed by atoms with Gasteiger partial charge in [-0.25, -0.2) is 0 Å². The molecule has 2 atom stereocenters. The summed E-state index contributed by atoms with van der Waals surface area (Å²) in [5.74, 6) is 0.615. The highest BCUT2D eigenvalue weighted by atomic mass is 35.5. The van der Waals surface area contributed by atoms with Crippen LogP contribution in [-0.4, -0.2) is 27.8 Å². The Balaban J connectivity index is 2.51. The zero-order valence-corrected chi connectivity index (χ0v) is 13.8. The van der Waals surface area contributed by atoms with Crippen molar-refractivity contribution >= 4 is 23.4 Å². The summed E-state index contributed by atoms with van der Waals surface area (Å²) in [6.07, 6.45) is 0.735. The van der Waals surface area contributed by atoms with Crippen LogP contribution in [0.25, 0.3) is 0 Å². The summed E-state index contributed by atoms with van der Waals surface area (Å²) >= 11 is 7.34. The van der Waals surface area contributed by atoms with Gasteiger partial charge in [-0.3, -0.25) is 0 Å². The molecule has 1 rings (SSSR count). The van der Waals surface area contributed by atoms with E-state index < -0.39 is 6.10 Å². The minimum Gasteiger partial charge on any atom is -0.389 e. The van der Waals surface area contributed by atoms with Crippen molar-refractivity contribution in [1.29, 1.82) is 0 Å². The van der Waals surface area contributed by atoms with Gasteiger partial charge in [0, 0.05) is 16.0 Å². The van der Waals surface area contributed by atoms with Crippen LogP contribution in [0.15, 0.2) is 41.9 Å². The zero-order valence-electron chi connectivity index (χ0n) is 12.3. The van der Waals surface area contributed by atoms with Gasteiger partial charge in [0.05, 0.1) is 12.7 Å². The number of halogens is 1. The summed E-state index contributed by atoms with van der Waals surface area (Å²) in [7, 11) is 0. The standard InChI is InChI=1S/C16H23ClO2S/c1-16(2,3)20-12-14(18)15(9-10-17)19-11-13-7-5-4-6-8-13/h4-10,14-15,18H,11-12H2,1-3H3/b10-9+/t14-,15+/m0/s1. The largest absolute Gasteiger partial charge is 0.389 e. The number of thioether (sulfide) groups is 1. The molecule has 0 spiro atoms. The Morgan fingerprint density at radius 3 is 2.50 bits per heavy atom. The number of hydrogen-bond acceptors (Lipinski definition) is 3. The van der Waals surface area contributed by atoms with Gasteiger partial charge < -0.3 is 9.84 Å². The molecule has 0 amide bonds. The van der Waals surface area contributed by atoms with Gasteiger partial charge in [-0.05, 0) is 11.6 Å². The fourth-order valence-electron chi connectivity index (χ4n) is 1.56. The average Bonchev–Trinajstić information content (AvgIpc) is 2.41. The first-order chi connectivity index (χ1) is 9.42. The van der Waals surface area contributed by atoms with E-state index in [1.54, 1.807) is 17.8 Å². The number of rotatable bonds is 7. The zero-order chi connectivity index (χ0) is 15.0. The lowest BCUT2D eigenvalue weighted by Crippen LogP contribution is -2.30. The lowest BCUT2D eigenvalue weighted by molar-refractivity contribution is -0.00793. The summed E-state index contributed by atoms with van der Waals surface area (Å²) in [5.41, 5.74) is 2.48. The first-order valence-corrected chi connectivity index (χ1v) is 8.09. The molecule has 1 aromatic rings. The maximum atomic E-state index is 10.2. The van der Waals surface area contributed by atoms with Crippen molar-refractivity contribution in [1.82, 2.24) is 0 Å².